The van der Waals surface area contributed by atoms with E-state index in [0.29, 0.717) is 5.92 Å². The lowest BCUT2D eigenvalue weighted by Gasteiger charge is -2.22. The second kappa shape index (κ2) is 5.38. The summed E-state index contributed by atoms with van der Waals surface area (Å²) in [6, 6.07) is 6.30. The molecule has 94 valence electrons. The molecule has 17 heavy (non-hydrogen) atoms. The average molecular weight is 254 g/mol. The summed E-state index contributed by atoms with van der Waals surface area (Å²) < 4.78 is 5.56. The molecule has 1 heterocycles. The van der Waals surface area contributed by atoms with Crippen molar-refractivity contribution in [3.63, 3.8) is 0 Å². The Morgan fingerprint density at radius 3 is 2.88 bits per heavy atom. The molecule has 3 heteroatoms. The fourth-order valence-electron chi connectivity index (χ4n) is 2.53. The number of ether oxygens (including phenoxy) is 1. The van der Waals surface area contributed by atoms with Crippen molar-refractivity contribution in [1.82, 2.24) is 0 Å². The summed E-state index contributed by atoms with van der Waals surface area (Å²) in [5.74, 6) is 0.451. The molecule has 2 nitrogen and oxygen atoms in total. The van der Waals surface area contributed by atoms with Crippen LogP contribution in [0.4, 0.5) is 0 Å². The fourth-order valence-corrected chi connectivity index (χ4v) is 2.85. The maximum Gasteiger partial charge on any atom is 0.0590 e. The van der Waals surface area contributed by atoms with Gasteiger partial charge in [0.05, 0.1) is 6.10 Å². The molecule has 1 aliphatic heterocycles. The van der Waals surface area contributed by atoms with E-state index in [2.05, 4.69) is 19.1 Å². The summed E-state index contributed by atoms with van der Waals surface area (Å²) in [4.78, 5) is 0. The van der Waals surface area contributed by atoms with E-state index in [1.807, 2.05) is 13.0 Å². The minimum Gasteiger partial charge on any atom is -0.378 e. The number of halogens is 1. The van der Waals surface area contributed by atoms with Gasteiger partial charge in [-0.15, -0.1) is 0 Å². The largest absolute Gasteiger partial charge is 0.378 e. The minimum absolute atomic E-state index is 0.132. The molecule has 2 rings (SSSR count). The number of aryl methyl sites for hydroxylation is 1. The van der Waals surface area contributed by atoms with Gasteiger partial charge in [0.25, 0.3) is 0 Å². The second-order valence-corrected chi connectivity index (χ2v) is 5.40. The van der Waals surface area contributed by atoms with Crippen molar-refractivity contribution in [1.29, 1.82) is 0 Å². The molecule has 0 saturated carbocycles. The maximum absolute atomic E-state index is 6.27. The van der Waals surface area contributed by atoms with Gasteiger partial charge in [0.2, 0.25) is 0 Å². The molecule has 0 bridgehead atoms. The molecule has 1 fully saturated rings. The Labute approximate surface area is 108 Å². The highest BCUT2D eigenvalue weighted by molar-refractivity contribution is 6.31. The van der Waals surface area contributed by atoms with Gasteiger partial charge in [-0.1, -0.05) is 23.7 Å². The molecule has 1 saturated heterocycles. The van der Waals surface area contributed by atoms with Crippen LogP contribution in [0.2, 0.25) is 5.02 Å². The molecule has 1 aromatic rings. The Kier molecular flexibility index (Phi) is 4.08. The van der Waals surface area contributed by atoms with Crippen LogP contribution in [-0.4, -0.2) is 18.8 Å². The molecule has 2 N–H and O–H groups in total. The lowest BCUT2D eigenvalue weighted by molar-refractivity contribution is 0.0995. The SMILES string of the molecule is Cc1ccc(CC(N)C2CCOC2C)c(Cl)c1. The van der Waals surface area contributed by atoms with Crippen molar-refractivity contribution in [3.8, 4) is 0 Å². The van der Waals surface area contributed by atoms with Crippen LogP contribution in [0, 0.1) is 12.8 Å². The Balaban J connectivity index is 2.04. The highest BCUT2D eigenvalue weighted by Gasteiger charge is 2.29. The van der Waals surface area contributed by atoms with E-state index in [-0.39, 0.29) is 12.1 Å². The quantitative estimate of drug-likeness (QED) is 0.899. The van der Waals surface area contributed by atoms with Crippen LogP contribution < -0.4 is 5.73 Å². The van der Waals surface area contributed by atoms with Crippen molar-refractivity contribution in [2.45, 2.75) is 38.8 Å². The molecule has 0 amide bonds. The van der Waals surface area contributed by atoms with Gasteiger partial charge in [0.1, 0.15) is 0 Å². The standard InChI is InChI=1S/C14H20ClNO/c1-9-3-4-11(13(15)7-9)8-14(16)12-5-6-17-10(12)2/h3-4,7,10,12,14H,5-6,8,16H2,1-2H3. The van der Waals surface area contributed by atoms with E-state index in [9.17, 15) is 0 Å². The van der Waals surface area contributed by atoms with Gasteiger partial charge in [-0.3, -0.25) is 0 Å². The number of hydrogen-bond donors (Lipinski definition) is 1. The molecule has 3 atom stereocenters. The zero-order valence-electron chi connectivity index (χ0n) is 10.4. The number of rotatable bonds is 3. The normalized spacial score (nSPS) is 26.1. The van der Waals surface area contributed by atoms with Crippen LogP contribution in [0.15, 0.2) is 18.2 Å². The van der Waals surface area contributed by atoms with E-state index in [0.717, 1.165) is 30.0 Å². The Bertz CT molecular complexity index is 394. The minimum atomic E-state index is 0.132. The fraction of sp³-hybridized carbons (Fsp3) is 0.571. The third-order valence-corrected chi connectivity index (χ3v) is 4.00. The number of nitrogens with two attached hydrogens (primary N) is 1. The van der Waals surface area contributed by atoms with Gasteiger partial charge in [0, 0.05) is 23.6 Å². The molecule has 1 aliphatic rings. The van der Waals surface area contributed by atoms with Gasteiger partial charge < -0.3 is 10.5 Å². The predicted octanol–water partition coefficient (Wildman–Crippen LogP) is 2.94. The summed E-state index contributed by atoms with van der Waals surface area (Å²) in [5, 5.41) is 0.826. The molecule has 0 aliphatic carbocycles. The molecule has 3 unspecified atom stereocenters. The van der Waals surface area contributed by atoms with E-state index < -0.39 is 0 Å². The number of hydrogen-bond acceptors (Lipinski definition) is 2. The monoisotopic (exact) mass is 253 g/mol. The summed E-state index contributed by atoms with van der Waals surface area (Å²) in [6.07, 6.45) is 2.16. The van der Waals surface area contributed by atoms with Gasteiger partial charge >= 0.3 is 0 Å². The summed E-state index contributed by atoms with van der Waals surface area (Å²) >= 11 is 6.23. The van der Waals surface area contributed by atoms with Crippen molar-refractivity contribution in [3.05, 3.63) is 34.3 Å². The predicted molar refractivity (Wildman–Crippen MR) is 71.4 cm³/mol. The van der Waals surface area contributed by atoms with Crippen molar-refractivity contribution in [2.24, 2.45) is 11.7 Å². The van der Waals surface area contributed by atoms with Gasteiger partial charge in [-0.25, -0.2) is 0 Å². The molecule has 1 aromatic carbocycles. The first-order valence-electron chi connectivity index (χ1n) is 6.20. The first-order valence-corrected chi connectivity index (χ1v) is 6.58. The van der Waals surface area contributed by atoms with Gasteiger partial charge in [0.15, 0.2) is 0 Å². The van der Waals surface area contributed by atoms with E-state index in [1.165, 1.54) is 5.56 Å². The Hall–Kier alpha value is -0.570. The van der Waals surface area contributed by atoms with Crippen LogP contribution in [0.3, 0.4) is 0 Å². The first kappa shape index (κ1) is 12.9. The molecular formula is C14H20ClNO. The van der Waals surface area contributed by atoms with Crippen molar-refractivity contribution >= 4 is 11.6 Å². The summed E-state index contributed by atoms with van der Waals surface area (Å²) in [5.41, 5.74) is 8.60. The number of benzene rings is 1. The zero-order chi connectivity index (χ0) is 12.4. The van der Waals surface area contributed by atoms with Crippen molar-refractivity contribution in [2.75, 3.05) is 6.61 Å². The molecular weight excluding hydrogens is 234 g/mol. The average Bonchev–Trinajstić information content (AvgIpc) is 2.68. The van der Waals surface area contributed by atoms with Crippen LogP contribution in [0.1, 0.15) is 24.5 Å². The summed E-state index contributed by atoms with van der Waals surface area (Å²) in [6.45, 7) is 4.98. The zero-order valence-corrected chi connectivity index (χ0v) is 11.2. The van der Waals surface area contributed by atoms with Gasteiger partial charge in [-0.2, -0.15) is 0 Å². The lowest BCUT2D eigenvalue weighted by Crippen LogP contribution is -2.36. The maximum atomic E-state index is 6.27. The highest BCUT2D eigenvalue weighted by Crippen LogP contribution is 2.27. The molecule has 0 spiro atoms. The van der Waals surface area contributed by atoms with Crippen LogP contribution in [0.25, 0.3) is 0 Å². The van der Waals surface area contributed by atoms with E-state index in [4.69, 9.17) is 22.1 Å². The second-order valence-electron chi connectivity index (χ2n) is 4.99. The Morgan fingerprint density at radius 2 is 2.29 bits per heavy atom. The topological polar surface area (TPSA) is 35.2 Å². The van der Waals surface area contributed by atoms with Crippen molar-refractivity contribution < 1.29 is 4.74 Å². The third kappa shape index (κ3) is 3.01. The lowest BCUT2D eigenvalue weighted by atomic mass is 9.89. The van der Waals surface area contributed by atoms with E-state index >= 15 is 0 Å². The first-order chi connectivity index (χ1) is 8.08. The van der Waals surface area contributed by atoms with Crippen LogP contribution in [0.5, 0.6) is 0 Å². The highest BCUT2D eigenvalue weighted by atomic mass is 35.5. The third-order valence-electron chi connectivity index (χ3n) is 3.65. The van der Waals surface area contributed by atoms with E-state index in [1.54, 1.807) is 0 Å². The van der Waals surface area contributed by atoms with Gasteiger partial charge in [-0.05, 0) is 43.9 Å². The van der Waals surface area contributed by atoms with Crippen LogP contribution in [-0.2, 0) is 11.2 Å². The summed E-state index contributed by atoms with van der Waals surface area (Å²) in [7, 11) is 0. The molecule has 0 aromatic heterocycles. The molecule has 0 radical (unpaired) electrons. The van der Waals surface area contributed by atoms with Crippen LogP contribution >= 0.6 is 11.6 Å². The smallest absolute Gasteiger partial charge is 0.0590 e. The Morgan fingerprint density at radius 1 is 1.53 bits per heavy atom.